The molecule has 0 aliphatic heterocycles. The first-order valence-corrected chi connectivity index (χ1v) is 6.77. The Morgan fingerprint density at radius 2 is 2.14 bits per heavy atom. The maximum atomic E-state index is 11.9. The van der Waals surface area contributed by atoms with Gasteiger partial charge in [-0.15, -0.1) is 0 Å². The Hall–Kier alpha value is -0.830. The summed E-state index contributed by atoms with van der Waals surface area (Å²) in [5, 5.41) is 14.4. The summed E-state index contributed by atoms with van der Waals surface area (Å²) in [5.74, 6) is 0. The Kier molecular flexibility index (Phi) is 6.92. The maximum absolute atomic E-state index is 11.9. The number of alkyl halides is 3. The van der Waals surface area contributed by atoms with Crippen LogP contribution < -0.4 is 0 Å². The zero-order valence-corrected chi connectivity index (χ0v) is 12.7. The molecular weight excluding hydrogens is 311 g/mol. The number of hydrogen-bond acceptors (Lipinski definition) is 4. The van der Waals surface area contributed by atoms with Crippen LogP contribution in [0.4, 0.5) is 13.2 Å². The maximum Gasteiger partial charge on any atom is 0.411 e. The summed E-state index contributed by atoms with van der Waals surface area (Å²) >= 11 is 5.96. The molecule has 1 unspecified atom stereocenters. The van der Waals surface area contributed by atoms with Crippen LogP contribution >= 0.6 is 11.6 Å². The molecule has 21 heavy (non-hydrogen) atoms. The molecule has 0 saturated carbocycles. The first-order valence-electron chi connectivity index (χ1n) is 6.39. The molecule has 0 aliphatic carbocycles. The highest BCUT2D eigenvalue weighted by Gasteiger charge is 2.27. The zero-order chi connectivity index (χ0) is 16.0. The smallest absolute Gasteiger partial charge is 0.387 e. The number of hydrogen-bond donors (Lipinski definition) is 1. The average Bonchev–Trinajstić information content (AvgIpc) is 2.72. The summed E-state index contributed by atoms with van der Waals surface area (Å²) in [6.45, 7) is -0.318. The highest BCUT2D eigenvalue weighted by Crippen LogP contribution is 2.25. The van der Waals surface area contributed by atoms with E-state index in [2.05, 4.69) is 9.84 Å². The monoisotopic (exact) mass is 329 g/mol. The molecule has 1 aromatic rings. The fraction of sp³-hybridized carbons (Fsp3) is 0.750. The topological polar surface area (TPSA) is 50.5 Å². The van der Waals surface area contributed by atoms with Gasteiger partial charge in [0.15, 0.2) is 0 Å². The van der Waals surface area contributed by atoms with E-state index >= 15 is 0 Å². The van der Waals surface area contributed by atoms with Crippen molar-refractivity contribution < 1.29 is 23.0 Å². The molecule has 0 aliphatic rings. The second kappa shape index (κ2) is 7.98. The average molecular weight is 330 g/mol. The van der Waals surface area contributed by atoms with Crippen LogP contribution in [0.5, 0.6) is 0 Å². The van der Waals surface area contributed by atoms with Crippen LogP contribution in [0.3, 0.4) is 0 Å². The first-order chi connectivity index (χ1) is 9.70. The standard InChI is InChI=1S/C12H19ClF3N3O2/c1-18(2)4-5-19-11(9(13)7-17-19)10(20)3-6-21-8-12(14,15)16/h7,10,20H,3-6,8H2,1-2H3. The number of nitrogens with zero attached hydrogens (tertiary/aromatic N) is 3. The molecular formula is C12H19ClF3N3O2. The lowest BCUT2D eigenvalue weighted by atomic mass is 10.2. The van der Waals surface area contributed by atoms with E-state index in [1.54, 1.807) is 4.68 Å². The van der Waals surface area contributed by atoms with Gasteiger partial charge in [0.25, 0.3) is 0 Å². The Balaban J connectivity index is 2.53. The summed E-state index contributed by atoms with van der Waals surface area (Å²) < 4.78 is 41.8. The molecule has 0 amide bonds. The third kappa shape index (κ3) is 6.64. The van der Waals surface area contributed by atoms with Gasteiger partial charge in [-0.05, 0) is 14.1 Å². The third-order valence-electron chi connectivity index (χ3n) is 2.71. The molecule has 0 saturated heterocycles. The van der Waals surface area contributed by atoms with Crippen molar-refractivity contribution in [1.29, 1.82) is 0 Å². The second-order valence-corrected chi connectivity index (χ2v) is 5.28. The fourth-order valence-electron chi connectivity index (χ4n) is 1.70. The minimum absolute atomic E-state index is 0.0173. The molecule has 122 valence electrons. The summed E-state index contributed by atoms with van der Waals surface area (Å²) in [4.78, 5) is 1.94. The lowest BCUT2D eigenvalue weighted by Crippen LogP contribution is -2.22. The van der Waals surface area contributed by atoms with Crippen LogP contribution in [-0.2, 0) is 11.3 Å². The predicted molar refractivity (Wildman–Crippen MR) is 72.2 cm³/mol. The van der Waals surface area contributed by atoms with Gasteiger partial charge in [0.1, 0.15) is 6.61 Å². The number of aliphatic hydroxyl groups excluding tert-OH is 1. The number of ether oxygens (including phenoxy) is 1. The van der Waals surface area contributed by atoms with Crippen molar-refractivity contribution in [3.8, 4) is 0 Å². The van der Waals surface area contributed by atoms with Gasteiger partial charge in [0, 0.05) is 19.6 Å². The van der Waals surface area contributed by atoms with Gasteiger partial charge in [-0.1, -0.05) is 11.6 Å². The predicted octanol–water partition coefficient (Wildman–Crippen LogP) is 2.10. The van der Waals surface area contributed by atoms with Crippen LogP contribution in [0.25, 0.3) is 0 Å². The summed E-state index contributed by atoms with van der Waals surface area (Å²) in [6.07, 6.45) is -3.96. The molecule has 0 fully saturated rings. The van der Waals surface area contributed by atoms with E-state index in [0.29, 0.717) is 18.8 Å². The number of aromatic nitrogens is 2. The highest BCUT2D eigenvalue weighted by molar-refractivity contribution is 6.31. The van der Waals surface area contributed by atoms with Crippen LogP contribution in [0.15, 0.2) is 6.20 Å². The van der Waals surface area contributed by atoms with Crippen molar-refractivity contribution >= 4 is 11.6 Å². The van der Waals surface area contributed by atoms with Crippen LogP contribution in [-0.4, -0.2) is 59.8 Å². The number of aliphatic hydroxyl groups is 1. The zero-order valence-electron chi connectivity index (χ0n) is 11.9. The van der Waals surface area contributed by atoms with Crippen molar-refractivity contribution in [1.82, 2.24) is 14.7 Å². The normalized spacial score (nSPS) is 13.9. The highest BCUT2D eigenvalue weighted by atomic mass is 35.5. The van der Waals surface area contributed by atoms with E-state index in [9.17, 15) is 18.3 Å². The van der Waals surface area contributed by atoms with Gasteiger partial charge in [0.2, 0.25) is 0 Å². The lowest BCUT2D eigenvalue weighted by Gasteiger charge is -2.16. The lowest BCUT2D eigenvalue weighted by molar-refractivity contribution is -0.175. The molecule has 1 rings (SSSR count). The number of likely N-dealkylation sites (N-methyl/N-ethyl adjacent to an activating group) is 1. The van der Waals surface area contributed by atoms with E-state index in [-0.39, 0.29) is 18.1 Å². The van der Waals surface area contributed by atoms with Crippen molar-refractivity contribution in [3.05, 3.63) is 16.9 Å². The fourth-order valence-corrected chi connectivity index (χ4v) is 1.96. The van der Waals surface area contributed by atoms with E-state index in [1.807, 2.05) is 19.0 Å². The molecule has 0 spiro atoms. The van der Waals surface area contributed by atoms with Gasteiger partial charge in [-0.2, -0.15) is 18.3 Å². The number of rotatable bonds is 8. The largest absolute Gasteiger partial charge is 0.411 e. The van der Waals surface area contributed by atoms with E-state index in [4.69, 9.17) is 11.6 Å². The molecule has 1 N–H and O–H groups in total. The van der Waals surface area contributed by atoms with E-state index < -0.39 is 18.9 Å². The molecule has 9 heteroatoms. The van der Waals surface area contributed by atoms with E-state index in [0.717, 1.165) is 0 Å². The Bertz CT molecular complexity index is 438. The van der Waals surface area contributed by atoms with Gasteiger partial charge in [0.05, 0.1) is 29.6 Å². The molecule has 0 aromatic carbocycles. The molecule has 1 heterocycles. The molecule has 5 nitrogen and oxygen atoms in total. The molecule has 0 bridgehead atoms. The van der Waals surface area contributed by atoms with Crippen LogP contribution in [0, 0.1) is 0 Å². The SMILES string of the molecule is CN(C)CCn1ncc(Cl)c1C(O)CCOCC(F)(F)F. The van der Waals surface area contributed by atoms with Crippen molar-refractivity contribution in [2.24, 2.45) is 0 Å². The Labute approximate surface area is 126 Å². The number of halogens is 4. The quantitative estimate of drug-likeness (QED) is 0.742. The van der Waals surface area contributed by atoms with E-state index in [1.165, 1.54) is 6.20 Å². The minimum atomic E-state index is -4.36. The van der Waals surface area contributed by atoms with Crippen LogP contribution in [0.1, 0.15) is 18.2 Å². The van der Waals surface area contributed by atoms with Crippen LogP contribution in [0.2, 0.25) is 5.02 Å². The Morgan fingerprint density at radius 1 is 1.48 bits per heavy atom. The summed E-state index contributed by atoms with van der Waals surface area (Å²) in [5.41, 5.74) is 0.397. The Morgan fingerprint density at radius 3 is 2.71 bits per heavy atom. The van der Waals surface area contributed by atoms with Crippen molar-refractivity contribution in [2.45, 2.75) is 25.2 Å². The second-order valence-electron chi connectivity index (χ2n) is 4.88. The molecule has 1 atom stereocenters. The first kappa shape index (κ1) is 18.2. The third-order valence-corrected chi connectivity index (χ3v) is 3.00. The van der Waals surface area contributed by atoms with Crippen molar-refractivity contribution in [3.63, 3.8) is 0 Å². The summed E-state index contributed by atoms with van der Waals surface area (Å²) in [6, 6.07) is 0. The van der Waals surface area contributed by atoms with Gasteiger partial charge in [-0.3, -0.25) is 4.68 Å². The summed E-state index contributed by atoms with van der Waals surface area (Å²) in [7, 11) is 3.79. The minimum Gasteiger partial charge on any atom is -0.387 e. The van der Waals surface area contributed by atoms with Gasteiger partial charge >= 0.3 is 6.18 Å². The van der Waals surface area contributed by atoms with Crippen molar-refractivity contribution in [2.75, 3.05) is 33.9 Å². The van der Waals surface area contributed by atoms with Gasteiger partial charge in [-0.25, -0.2) is 0 Å². The molecule has 1 aromatic heterocycles. The molecule has 0 radical (unpaired) electrons. The van der Waals surface area contributed by atoms with Gasteiger partial charge < -0.3 is 14.7 Å².